The molecule has 1 aromatic heterocycles. The fourth-order valence-corrected chi connectivity index (χ4v) is 1.89. The summed E-state index contributed by atoms with van der Waals surface area (Å²) >= 11 is 5.60. The molecule has 6 nitrogen and oxygen atoms in total. The number of carbonyl (C=O) groups is 1. The van der Waals surface area contributed by atoms with Gasteiger partial charge in [-0.1, -0.05) is 11.6 Å². The van der Waals surface area contributed by atoms with Crippen molar-refractivity contribution in [1.29, 1.82) is 0 Å². The highest BCUT2D eigenvalue weighted by molar-refractivity contribution is 6.33. The molecule has 0 spiro atoms. The fourth-order valence-electron chi connectivity index (χ4n) is 1.66. The van der Waals surface area contributed by atoms with Crippen molar-refractivity contribution in [2.75, 3.05) is 0 Å². The van der Waals surface area contributed by atoms with Crippen LogP contribution in [0.4, 0.5) is 4.39 Å². The molecule has 0 atom stereocenters. The van der Waals surface area contributed by atoms with Gasteiger partial charge in [-0.2, -0.15) is 0 Å². The van der Waals surface area contributed by atoms with Gasteiger partial charge in [-0.05, 0) is 19.1 Å². The number of carboxylic acids is 1. The minimum absolute atomic E-state index is 0.177. The topological polar surface area (TPSA) is 92.2 Å². The van der Waals surface area contributed by atoms with E-state index in [4.69, 9.17) is 16.7 Å². The average Bonchev–Trinajstić information content (AvgIpc) is 2.36. The lowest BCUT2D eigenvalue weighted by molar-refractivity contribution is 0.0697. The summed E-state index contributed by atoms with van der Waals surface area (Å²) in [6, 6.07) is 1.59. The van der Waals surface area contributed by atoms with E-state index in [1.54, 1.807) is 0 Å². The Bertz CT molecular complexity index is 825. The number of aryl methyl sites for hydroxylation is 1. The monoisotopic (exact) mass is 298 g/mol. The van der Waals surface area contributed by atoms with Crippen LogP contribution in [0.5, 0.6) is 0 Å². The van der Waals surface area contributed by atoms with Gasteiger partial charge in [0.05, 0.1) is 16.3 Å². The van der Waals surface area contributed by atoms with Crippen molar-refractivity contribution in [1.82, 2.24) is 9.55 Å². The lowest BCUT2D eigenvalue weighted by Gasteiger charge is -2.08. The van der Waals surface area contributed by atoms with Crippen LogP contribution in [0.25, 0.3) is 5.69 Å². The number of aromatic nitrogens is 2. The third-order valence-corrected chi connectivity index (χ3v) is 2.98. The molecule has 0 amide bonds. The van der Waals surface area contributed by atoms with Crippen LogP contribution in [0.2, 0.25) is 5.02 Å². The van der Waals surface area contributed by atoms with Gasteiger partial charge in [0, 0.05) is 11.8 Å². The van der Waals surface area contributed by atoms with Gasteiger partial charge in [0.1, 0.15) is 5.82 Å². The summed E-state index contributed by atoms with van der Waals surface area (Å²) in [7, 11) is 0. The Hall–Kier alpha value is -2.41. The number of aromatic amines is 1. The minimum atomic E-state index is -1.40. The molecule has 1 aromatic carbocycles. The van der Waals surface area contributed by atoms with E-state index >= 15 is 0 Å². The first-order chi connectivity index (χ1) is 9.32. The van der Waals surface area contributed by atoms with Gasteiger partial charge in [0.2, 0.25) is 0 Å². The molecule has 0 unspecified atom stereocenters. The van der Waals surface area contributed by atoms with Crippen LogP contribution in [0.3, 0.4) is 0 Å². The zero-order valence-electron chi connectivity index (χ0n) is 10.1. The smallest absolute Gasteiger partial charge is 0.337 e. The molecule has 0 aliphatic rings. The zero-order chi connectivity index (χ0) is 15.0. The van der Waals surface area contributed by atoms with Gasteiger partial charge >= 0.3 is 11.7 Å². The van der Waals surface area contributed by atoms with Crippen LogP contribution in [-0.4, -0.2) is 20.6 Å². The molecule has 0 radical (unpaired) electrons. The predicted molar refractivity (Wildman–Crippen MR) is 69.3 cm³/mol. The largest absolute Gasteiger partial charge is 0.478 e. The maximum atomic E-state index is 13.9. The van der Waals surface area contributed by atoms with E-state index < -0.39 is 34.3 Å². The number of nitrogens with zero attached hydrogens (tertiary/aromatic N) is 1. The first-order valence-corrected chi connectivity index (χ1v) is 5.74. The van der Waals surface area contributed by atoms with Crippen LogP contribution in [0.15, 0.2) is 27.9 Å². The van der Waals surface area contributed by atoms with Crippen molar-refractivity contribution in [2.24, 2.45) is 0 Å². The lowest BCUT2D eigenvalue weighted by Crippen LogP contribution is -2.35. The summed E-state index contributed by atoms with van der Waals surface area (Å²) in [5.74, 6) is -2.37. The van der Waals surface area contributed by atoms with E-state index in [1.807, 2.05) is 0 Å². The molecule has 2 rings (SSSR count). The Morgan fingerprint density at radius 2 is 2.05 bits per heavy atom. The summed E-state index contributed by atoms with van der Waals surface area (Å²) in [6.07, 6.45) is 1.19. The number of aromatic carboxylic acids is 1. The van der Waals surface area contributed by atoms with Crippen molar-refractivity contribution >= 4 is 17.6 Å². The number of carboxylic acid groups (broad SMARTS) is 1. The second-order valence-corrected chi connectivity index (χ2v) is 4.41. The van der Waals surface area contributed by atoms with Gasteiger partial charge in [0.15, 0.2) is 0 Å². The van der Waals surface area contributed by atoms with Crippen molar-refractivity contribution in [3.05, 3.63) is 61.1 Å². The van der Waals surface area contributed by atoms with E-state index in [-0.39, 0.29) is 10.6 Å². The van der Waals surface area contributed by atoms with Crippen molar-refractivity contribution in [2.45, 2.75) is 6.92 Å². The standard InChI is InChI=1S/C12H8ClFN2O4/c1-5-4-15-12(20)16(10(5)17)9-2-6(11(18)19)7(13)3-8(9)14/h2-4H,1H3,(H,15,20)(H,18,19). The number of H-pyrrole nitrogens is 1. The SMILES string of the molecule is Cc1c[nH]c(=O)n(-c2cc(C(=O)O)c(Cl)cc2F)c1=O. The quantitative estimate of drug-likeness (QED) is 0.874. The second-order valence-electron chi connectivity index (χ2n) is 4.01. The molecule has 0 saturated carbocycles. The first-order valence-electron chi connectivity index (χ1n) is 5.37. The van der Waals surface area contributed by atoms with Crippen LogP contribution < -0.4 is 11.2 Å². The molecular formula is C12H8ClFN2O4. The van der Waals surface area contributed by atoms with E-state index in [9.17, 15) is 18.8 Å². The predicted octanol–water partition coefficient (Wildman–Crippen LogP) is 1.32. The highest BCUT2D eigenvalue weighted by atomic mass is 35.5. The summed E-state index contributed by atoms with van der Waals surface area (Å²) in [5, 5.41) is 8.62. The summed E-state index contributed by atoms with van der Waals surface area (Å²) in [5.41, 5.74) is -2.32. The summed E-state index contributed by atoms with van der Waals surface area (Å²) in [4.78, 5) is 36.8. The second kappa shape index (κ2) is 4.93. The van der Waals surface area contributed by atoms with E-state index in [0.29, 0.717) is 4.57 Å². The molecule has 20 heavy (non-hydrogen) atoms. The number of hydrogen-bond acceptors (Lipinski definition) is 3. The zero-order valence-corrected chi connectivity index (χ0v) is 10.9. The van der Waals surface area contributed by atoms with E-state index in [0.717, 1.165) is 12.1 Å². The van der Waals surface area contributed by atoms with Crippen LogP contribution in [0.1, 0.15) is 15.9 Å². The lowest BCUT2D eigenvalue weighted by atomic mass is 10.2. The van der Waals surface area contributed by atoms with Crippen LogP contribution in [-0.2, 0) is 0 Å². The number of benzene rings is 1. The van der Waals surface area contributed by atoms with Crippen LogP contribution in [0, 0.1) is 12.7 Å². The minimum Gasteiger partial charge on any atom is -0.478 e. The summed E-state index contributed by atoms with van der Waals surface area (Å²) in [6.45, 7) is 1.43. The highest BCUT2D eigenvalue weighted by Gasteiger charge is 2.17. The van der Waals surface area contributed by atoms with Gasteiger partial charge in [-0.15, -0.1) is 0 Å². The Morgan fingerprint density at radius 3 is 2.65 bits per heavy atom. The average molecular weight is 299 g/mol. The molecular weight excluding hydrogens is 291 g/mol. The normalized spacial score (nSPS) is 10.6. The molecule has 2 aromatic rings. The fraction of sp³-hybridized carbons (Fsp3) is 0.0833. The van der Waals surface area contributed by atoms with Crippen molar-refractivity contribution in [3.8, 4) is 5.69 Å². The maximum Gasteiger partial charge on any atom is 0.337 e. The van der Waals surface area contributed by atoms with Gasteiger partial charge in [-0.3, -0.25) is 4.79 Å². The maximum absolute atomic E-state index is 13.9. The molecule has 1 heterocycles. The third-order valence-electron chi connectivity index (χ3n) is 2.66. The molecule has 0 fully saturated rings. The molecule has 104 valence electrons. The van der Waals surface area contributed by atoms with Gasteiger partial charge in [0.25, 0.3) is 5.56 Å². The third kappa shape index (κ3) is 2.23. The van der Waals surface area contributed by atoms with Crippen molar-refractivity contribution < 1.29 is 14.3 Å². The Balaban J connectivity index is 2.87. The van der Waals surface area contributed by atoms with Crippen molar-refractivity contribution in [3.63, 3.8) is 0 Å². The Labute approximate surface area is 116 Å². The summed E-state index contributed by atoms with van der Waals surface area (Å²) < 4.78 is 14.4. The number of halogens is 2. The van der Waals surface area contributed by atoms with Gasteiger partial charge < -0.3 is 10.1 Å². The Morgan fingerprint density at radius 1 is 1.40 bits per heavy atom. The Kier molecular flexibility index (Phi) is 3.46. The number of nitrogens with one attached hydrogen (secondary N) is 1. The van der Waals surface area contributed by atoms with Gasteiger partial charge in [-0.25, -0.2) is 18.5 Å². The highest BCUT2D eigenvalue weighted by Crippen LogP contribution is 2.22. The molecule has 0 bridgehead atoms. The van der Waals surface area contributed by atoms with E-state index in [1.165, 1.54) is 13.1 Å². The number of hydrogen-bond donors (Lipinski definition) is 2. The molecule has 0 aliphatic carbocycles. The number of rotatable bonds is 2. The van der Waals surface area contributed by atoms with Crippen LogP contribution >= 0.6 is 11.6 Å². The van der Waals surface area contributed by atoms with E-state index in [2.05, 4.69) is 4.98 Å². The molecule has 8 heteroatoms. The molecule has 0 saturated heterocycles. The molecule has 2 N–H and O–H groups in total. The first kappa shape index (κ1) is 14.0. The molecule has 0 aliphatic heterocycles.